The number of piperazine rings is 1. The molecule has 2 fully saturated rings. The number of methoxy groups -OCH3 is 1. The smallest absolute Gasteiger partial charge is 0.0979 e. The van der Waals surface area contributed by atoms with Gasteiger partial charge in [0.1, 0.15) is 0 Å². The molecule has 0 radical (unpaired) electrons. The molecule has 3 heteroatoms. The largest absolute Gasteiger partial charge is 0.501 e. The van der Waals surface area contributed by atoms with Gasteiger partial charge in [-0.25, -0.2) is 0 Å². The molecule has 0 aromatic carbocycles. The van der Waals surface area contributed by atoms with Crippen LogP contribution in [0.4, 0.5) is 0 Å². The van der Waals surface area contributed by atoms with Gasteiger partial charge in [-0.3, -0.25) is 4.90 Å². The van der Waals surface area contributed by atoms with E-state index in [9.17, 15) is 0 Å². The molecule has 0 saturated carbocycles. The minimum absolute atomic E-state index is 0.797. The molecular weight excluding hydrogens is 212 g/mol. The standard InChI is InChI=1S/C14H22N2O/c1-17-14-6-2-4-12(10-14)16-9-8-15-7-3-5-13(15)11-16/h4,10,13H,2-3,5-9,11H2,1H3. The van der Waals surface area contributed by atoms with Gasteiger partial charge in [0.05, 0.1) is 12.9 Å². The number of nitrogens with zero attached hydrogens (tertiary/aromatic N) is 2. The number of ether oxygens (including phenoxy) is 1. The molecule has 0 spiro atoms. The van der Waals surface area contributed by atoms with Gasteiger partial charge in [-0.1, -0.05) is 6.08 Å². The Kier molecular flexibility index (Phi) is 3.10. The predicted molar refractivity (Wildman–Crippen MR) is 68.6 cm³/mol. The van der Waals surface area contributed by atoms with Gasteiger partial charge < -0.3 is 9.64 Å². The van der Waals surface area contributed by atoms with Crippen molar-refractivity contribution in [1.29, 1.82) is 0 Å². The lowest BCUT2D eigenvalue weighted by Crippen LogP contribution is -2.49. The minimum atomic E-state index is 0.797. The Morgan fingerprint density at radius 1 is 1.29 bits per heavy atom. The molecule has 1 aliphatic carbocycles. The maximum absolute atomic E-state index is 5.38. The summed E-state index contributed by atoms with van der Waals surface area (Å²) in [5.41, 5.74) is 1.39. The lowest BCUT2D eigenvalue weighted by Gasteiger charge is -2.40. The molecule has 0 N–H and O–H groups in total. The van der Waals surface area contributed by atoms with Crippen molar-refractivity contribution in [2.45, 2.75) is 31.7 Å². The van der Waals surface area contributed by atoms with E-state index >= 15 is 0 Å². The van der Waals surface area contributed by atoms with Gasteiger partial charge in [-0.2, -0.15) is 0 Å². The third kappa shape index (κ3) is 2.21. The molecule has 0 aromatic heterocycles. The highest BCUT2D eigenvalue weighted by Crippen LogP contribution is 2.26. The highest BCUT2D eigenvalue weighted by atomic mass is 16.5. The van der Waals surface area contributed by atoms with Gasteiger partial charge in [-0.15, -0.1) is 0 Å². The van der Waals surface area contributed by atoms with Crippen LogP contribution in [-0.2, 0) is 4.74 Å². The van der Waals surface area contributed by atoms with E-state index in [0.717, 1.165) is 24.6 Å². The summed E-state index contributed by atoms with van der Waals surface area (Å²) < 4.78 is 5.38. The number of rotatable bonds is 2. The Morgan fingerprint density at radius 3 is 3.12 bits per heavy atom. The van der Waals surface area contributed by atoms with Crippen molar-refractivity contribution in [1.82, 2.24) is 9.80 Å². The first-order valence-electron chi connectivity index (χ1n) is 6.80. The second-order valence-corrected chi connectivity index (χ2v) is 5.26. The van der Waals surface area contributed by atoms with Crippen LogP contribution >= 0.6 is 0 Å². The average molecular weight is 234 g/mol. The van der Waals surface area contributed by atoms with Crippen molar-refractivity contribution >= 4 is 0 Å². The Hall–Kier alpha value is -0.960. The summed E-state index contributed by atoms with van der Waals surface area (Å²) in [5, 5.41) is 0. The lowest BCUT2D eigenvalue weighted by atomic mass is 10.1. The van der Waals surface area contributed by atoms with Gasteiger partial charge in [0.25, 0.3) is 0 Å². The summed E-state index contributed by atoms with van der Waals surface area (Å²) in [5.74, 6) is 1.14. The molecule has 17 heavy (non-hydrogen) atoms. The highest BCUT2D eigenvalue weighted by molar-refractivity contribution is 5.25. The van der Waals surface area contributed by atoms with E-state index in [2.05, 4.69) is 22.0 Å². The zero-order valence-corrected chi connectivity index (χ0v) is 10.7. The van der Waals surface area contributed by atoms with Crippen LogP contribution in [0.15, 0.2) is 23.6 Å². The van der Waals surface area contributed by atoms with Gasteiger partial charge in [-0.05, 0) is 31.9 Å². The fraction of sp³-hybridized carbons (Fsp3) is 0.714. The number of hydrogen-bond donors (Lipinski definition) is 0. The maximum atomic E-state index is 5.38. The van der Waals surface area contributed by atoms with Crippen molar-refractivity contribution in [2.24, 2.45) is 0 Å². The topological polar surface area (TPSA) is 15.7 Å². The summed E-state index contributed by atoms with van der Waals surface area (Å²) in [4.78, 5) is 5.20. The van der Waals surface area contributed by atoms with Crippen molar-refractivity contribution < 1.29 is 4.74 Å². The second kappa shape index (κ2) is 4.73. The van der Waals surface area contributed by atoms with Crippen molar-refractivity contribution in [2.75, 3.05) is 33.3 Å². The van der Waals surface area contributed by atoms with E-state index < -0.39 is 0 Å². The SMILES string of the molecule is COC1=CC(N2CCN3CCCC3C2)=CCC1. The van der Waals surface area contributed by atoms with E-state index in [4.69, 9.17) is 4.74 Å². The van der Waals surface area contributed by atoms with E-state index in [-0.39, 0.29) is 0 Å². The Balaban J connectivity index is 1.69. The van der Waals surface area contributed by atoms with Crippen molar-refractivity contribution in [3.8, 4) is 0 Å². The average Bonchev–Trinajstić information content (AvgIpc) is 2.86. The molecule has 0 aromatic rings. The quantitative estimate of drug-likeness (QED) is 0.726. The molecule has 3 nitrogen and oxygen atoms in total. The molecular formula is C14H22N2O. The molecule has 2 aliphatic heterocycles. The van der Waals surface area contributed by atoms with Crippen LogP contribution in [0, 0.1) is 0 Å². The van der Waals surface area contributed by atoms with Crippen LogP contribution in [0.1, 0.15) is 25.7 Å². The van der Waals surface area contributed by atoms with Crippen LogP contribution in [0.2, 0.25) is 0 Å². The van der Waals surface area contributed by atoms with Crippen molar-refractivity contribution in [3.63, 3.8) is 0 Å². The second-order valence-electron chi connectivity index (χ2n) is 5.26. The maximum Gasteiger partial charge on any atom is 0.0979 e. The number of allylic oxidation sites excluding steroid dienone is 3. The molecule has 2 heterocycles. The zero-order valence-electron chi connectivity index (χ0n) is 10.7. The normalized spacial score (nSPS) is 29.7. The molecule has 3 rings (SSSR count). The van der Waals surface area contributed by atoms with Crippen LogP contribution < -0.4 is 0 Å². The van der Waals surface area contributed by atoms with Crippen molar-refractivity contribution in [3.05, 3.63) is 23.6 Å². The molecule has 1 unspecified atom stereocenters. The molecule has 3 aliphatic rings. The molecule has 0 amide bonds. The third-order valence-corrected chi connectivity index (χ3v) is 4.27. The Labute approximate surface area is 104 Å². The number of hydrogen-bond acceptors (Lipinski definition) is 3. The van der Waals surface area contributed by atoms with E-state index in [1.807, 2.05) is 0 Å². The highest BCUT2D eigenvalue weighted by Gasteiger charge is 2.31. The summed E-state index contributed by atoms with van der Waals surface area (Å²) in [7, 11) is 1.78. The van der Waals surface area contributed by atoms with Crippen LogP contribution in [0.25, 0.3) is 0 Å². The summed E-state index contributed by atoms with van der Waals surface area (Å²) >= 11 is 0. The first kappa shape index (κ1) is 11.1. The van der Waals surface area contributed by atoms with Crippen LogP contribution in [-0.4, -0.2) is 49.1 Å². The first-order chi connectivity index (χ1) is 8.36. The van der Waals surface area contributed by atoms with E-state index in [1.54, 1.807) is 7.11 Å². The van der Waals surface area contributed by atoms with Gasteiger partial charge in [0.2, 0.25) is 0 Å². The fourth-order valence-corrected chi connectivity index (χ4v) is 3.27. The van der Waals surface area contributed by atoms with E-state index in [1.165, 1.54) is 44.7 Å². The Bertz CT molecular complexity index is 348. The summed E-state index contributed by atoms with van der Waals surface area (Å²) in [6.07, 6.45) is 9.55. The number of fused-ring (bicyclic) bond motifs is 1. The zero-order chi connectivity index (χ0) is 11.7. The molecule has 0 bridgehead atoms. The first-order valence-corrected chi connectivity index (χ1v) is 6.80. The lowest BCUT2D eigenvalue weighted by molar-refractivity contribution is 0.130. The third-order valence-electron chi connectivity index (χ3n) is 4.27. The molecule has 1 atom stereocenters. The van der Waals surface area contributed by atoms with Gasteiger partial charge in [0.15, 0.2) is 0 Å². The van der Waals surface area contributed by atoms with Gasteiger partial charge >= 0.3 is 0 Å². The van der Waals surface area contributed by atoms with Crippen LogP contribution in [0.5, 0.6) is 0 Å². The van der Waals surface area contributed by atoms with Crippen LogP contribution in [0.3, 0.4) is 0 Å². The summed E-state index contributed by atoms with van der Waals surface area (Å²) in [6, 6.07) is 0.797. The minimum Gasteiger partial charge on any atom is -0.501 e. The monoisotopic (exact) mass is 234 g/mol. The molecule has 94 valence electrons. The summed E-state index contributed by atoms with van der Waals surface area (Å²) in [6.45, 7) is 4.93. The Morgan fingerprint density at radius 2 is 2.24 bits per heavy atom. The predicted octanol–water partition coefficient (Wildman–Crippen LogP) is 1.97. The van der Waals surface area contributed by atoms with E-state index in [0.29, 0.717) is 0 Å². The van der Waals surface area contributed by atoms with Gasteiger partial charge in [0, 0.05) is 37.8 Å². The molecule has 2 saturated heterocycles. The fourth-order valence-electron chi connectivity index (χ4n) is 3.27.